The number of carbonyl (C=O) groups excluding carboxylic acids is 1. The predicted molar refractivity (Wildman–Crippen MR) is 132 cm³/mol. The lowest BCUT2D eigenvalue weighted by Crippen LogP contribution is -2.21. The summed E-state index contributed by atoms with van der Waals surface area (Å²) in [6.45, 7) is 8.26. The highest BCUT2D eigenvalue weighted by Crippen LogP contribution is 2.36. The number of aromatic carboxylic acids is 1. The van der Waals surface area contributed by atoms with Crippen LogP contribution >= 0.6 is 0 Å². The van der Waals surface area contributed by atoms with Crippen molar-refractivity contribution in [1.82, 2.24) is 0 Å². The molecule has 1 amide bonds. The van der Waals surface area contributed by atoms with E-state index in [1.54, 1.807) is 32.4 Å². The first kappa shape index (κ1) is 26.2. The molecule has 1 unspecified atom stereocenters. The first-order valence-corrected chi connectivity index (χ1v) is 11.5. The molecule has 0 aliphatic heterocycles. The van der Waals surface area contributed by atoms with Gasteiger partial charge in [-0.25, -0.2) is 4.79 Å². The smallest absolute Gasteiger partial charge is 0.335 e. The van der Waals surface area contributed by atoms with Crippen LogP contribution in [0.2, 0.25) is 0 Å². The van der Waals surface area contributed by atoms with Crippen LogP contribution in [0.5, 0.6) is 11.5 Å². The Hall–Kier alpha value is -3.02. The summed E-state index contributed by atoms with van der Waals surface area (Å²) in [6.07, 6.45) is 4.31. The van der Waals surface area contributed by atoms with Crippen LogP contribution in [0.25, 0.3) is 0 Å². The number of carboxylic acids is 1. The number of methoxy groups -OCH3 is 2. The highest BCUT2D eigenvalue weighted by molar-refractivity contribution is 5.95. The maximum Gasteiger partial charge on any atom is 0.335 e. The first-order chi connectivity index (χ1) is 15.6. The zero-order valence-electron chi connectivity index (χ0n) is 20.7. The highest BCUT2D eigenvalue weighted by Gasteiger charge is 2.24. The van der Waals surface area contributed by atoms with Crippen molar-refractivity contribution in [3.63, 3.8) is 0 Å². The minimum atomic E-state index is -1.02. The van der Waals surface area contributed by atoms with Gasteiger partial charge in [-0.15, -0.1) is 0 Å². The SMILES string of the molecule is CCCCCC(CC(=O)Nc1cc(C(=O)O)ccc1C(C)(C)C)c1ccc(OC)cc1OC. The molecule has 0 aromatic heterocycles. The summed E-state index contributed by atoms with van der Waals surface area (Å²) in [7, 11) is 3.23. The lowest BCUT2D eigenvalue weighted by molar-refractivity contribution is -0.116. The van der Waals surface area contributed by atoms with Gasteiger partial charge < -0.3 is 19.9 Å². The summed E-state index contributed by atoms with van der Waals surface area (Å²) in [5, 5.41) is 12.4. The first-order valence-electron chi connectivity index (χ1n) is 11.5. The number of nitrogens with one attached hydrogen (secondary N) is 1. The van der Waals surface area contributed by atoms with Gasteiger partial charge >= 0.3 is 5.97 Å². The number of hydrogen-bond acceptors (Lipinski definition) is 4. The van der Waals surface area contributed by atoms with Crippen molar-refractivity contribution in [2.45, 2.75) is 71.1 Å². The average Bonchev–Trinajstić information content (AvgIpc) is 2.77. The molecule has 6 nitrogen and oxygen atoms in total. The third-order valence-corrected chi connectivity index (χ3v) is 5.82. The van der Waals surface area contributed by atoms with Crippen LogP contribution in [-0.2, 0) is 10.2 Å². The van der Waals surface area contributed by atoms with E-state index in [4.69, 9.17) is 9.47 Å². The monoisotopic (exact) mass is 455 g/mol. The summed E-state index contributed by atoms with van der Waals surface area (Å²) in [6, 6.07) is 10.6. The minimum absolute atomic E-state index is 0.0295. The molecule has 1 atom stereocenters. The number of benzene rings is 2. The Morgan fingerprint density at radius 3 is 2.33 bits per heavy atom. The van der Waals surface area contributed by atoms with Crippen LogP contribution in [0, 0.1) is 0 Å². The zero-order chi connectivity index (χ0) is 24.6. The lowest BCUT2D eigenvalue weighted by atomic mass is 9.85. The van der Waals surface area contributed by atoms with Crippen LogP contribution in [0.4, 0.5) is 5.69 Å². The van der Waals surface area contributed by atoms with Gasteiger partial charge in [-0.3, -0.25) is 4.79 Å². The minimum Gasteiger partial charge on any atom is -0.497 e. The maximum atomic E-state index is 13.2. The predicted octanol–water partition coefficient (Wildman–Crippen LogP) is 6.39. The molecule has 2 N–H and O–H groups in total. The second kappa shape index (κ2) is 11.7. The standard InChI is InChI=1S/C27H37NO5/c1-7-8-9-10-18(21-13-12-20(32-5)17-24(21)33-6)16-25(29)28-23-15-19(26(30)31)11-14-22(23)27(2,3)4/h11-15,17-18H,7-10,16H2,1-6H3,(H,28,29)(H,30,31). The number of hydrogen-bond donors (Lipinski definition) is 2. The molecule has 180 valence electrons. The van der Waals surface area contributed by atoms with E-state index in [0.717, 1.165) is 36.8 Å². The number of amides is 1. The zero-order valence-corrected chi connectivity index (χ0v) is 20.7. The van der Waals surface area contributed by atoms with E-state index < -0.39 is 5.97 Å². The molecule has 0 aliphatic rings. The van der Waals surface area contributed by atoms with Crippen molar-refractivity contribution >= 4 is 17.6 Å². The Kier molecular flexibility index (Phi) is 9.32. The van der Waals surface area contributed by atoms with E-state index in [0.29, 0.717) is 17.2 Å². The number of carbonyl (C=O) groups is 2. The second-order valence-electron chi connectivity index (χ2n) is 9.37. The van der Waals surface area contributed by atoms with Gasteiger partial charge in [-0.1, -0.05) is 59.1 Å². The molecule has 2 rings (SSSR count). The lowest BCUT2D eigenvalue weighted by Gasteiger charge is -2.25. The van der Waals surface area contributed by atoms with E-state index in [2.05, 4.69) is 12.2 Å². The molecule has 0 aliphatic carbocycles. The normalized spacial score (nSPS) is 12.2. The van der Waals surface area contributed by atoms with Crippen molar-refractivity contribution in [1.29, 1.82) is 0 Å². The van der Waals surface area contributed by atoms with E-state index in [1.165, 1.54) is 0 Å². The number of ether oxygens (including phenoxy) is 2. The van der Waals surface area contributed by atoms with Gasteiger partial charge in [0.2, 0.25) is 5.91 Å². The second-order valence-corrected chi connectivity index (χ2v) is 9.37. The van der Waals surface area contributed by atoms with Gasteiger partial charge in [0.1, 0.15) is 11.5 Å². The largest absolute Gasteiger partial charge is 0.497 e. The molecule has 2 aromatic rings. The molecule has 0 bridgehead atoms. The molecule has 0 saturated carbocycles. The Balaban J connectivity index is 2.34. The molecule has 33 heavy (non-hydrogen) atoms. The molecule has 0 spiro atoms. The van der Waals surface area contributed by atoms with Crippen molar-refractivity contribution in [2.75, 3.05) is 19.5 Å². The fourth-order valence-corrected chi connectivity index (χ4v) is 4.02. The van der Waals surface area contributed by atoms with Gasteiger partial charge in [0.25, 0.3) is 0 Å². The molecule has 0 saturated heterocycles. The molecular weight excluding hydrogens is 418 g/mol. The number of rotatable bonds is 11. The van der Waals surface area contributed by atoms with Gasteiger partial charge in [0.15, 0.2) is 0 Å². The molecule has 2 aromatic carbocycles. The fraction of sp³-hybridized carbons (Fsp3) is 0.481. The summed E-state index contributed by atoms with van der Waals surface area (Å²) >= 11 is 0. The average molecular weight is 456 g/mol. The third kappa shape index (κ3) is 7.24. The molecule has 0 fully saturated rings. The molecule has 0 radical (unpaired) electrons. The van der Waals surface area contributed by atoms with E-state index in [9.17, 15) is 14.7 Å². The maximum absolute atomic E-state index is 13.2. The molecular formula is C27H37NO5. The van der Waals surface area contributed by atoms with Crippen LogP contribution in [-0.4, -0.2) is 31.2 Å². The van der Waals surface area contributed by atoms with Gasteiger partial charge in [-0.2, -0.15) is 0 Å². The Bertz CT molecular complexity index is 961. The highest BCUT2D eigenvalue weighted by atomic mass is 16.5. The Morgan fingerprint density at radius 1 is 1.03 bits per heavy atom. The topological polar surface area (TPSA) is 84.9 Å². The van der Waals surface area contributed by atoms with Crippen LogP contribution in [0.3, 0.4) is 0 Å². The fourth-order valence-electron chi connectivity index (χ4n) is 4.02. The summed E-state index contributed by atoms with van der Waals surface area (Å²) < 4.78 is 10.9. The summed E-state index contributed by atoms with van der Waals surface area (Å²) in [4.78, 5) is 24.7. The third-order valence-electron chi connectivity index (χ3n) is 5.82. The Labute approximate surface area is 197 Å². The van der Waals surface area contributed by atoms with Crippen molar-refractivity contribution in [2.24, 2.45) is 0 Å². The van der Waals surface area contributed by atoms with Crippen molar-refractivity contribution in [3.05, 3.63) is 53.1 Å². The van der Waals surface area contributed by atoms with E-state index in [-0.39, 0.29) is 29.2 Å². The van der Waals surface area contributed by atoms with Crippen molar-refractivity contribution in [3.8, 4) is 11.5 Å². The number of unbranched alkanes of at least 4 members (excludes halogenated alkanes) is 2. The summed E-state index contributed by atoms with van der Waals surface area (Å²) in [5.74, 6) is 0.200. The van der Waals surface area contributed by atoms with Gasteiger partial charge in [-0.05, 0) is 47.1 Å². The van der Waals surface area contributed by atoms with Gasteiger partial charge in [0.05, 0.1) is 19.8 Å². The van der Waals surface area contributed by atoms with Gasteiger partial charge in [0, 0.05) is 18.2 Å². The Morgan fingerprint density at radius 2 is 1.76 bits per heavy atom. The van der Waals surface area contributed by atoms with E-state index >= 15 is 0 Å². The number of anilines is 1. The molecule has 0 heterocycles. The van der Waals surface area contributed by atoms with Crippen LogP contribution in [0.1, 0.15) is 87.2 Å². The van der Waals surface area contributed by atoms with E-state index in [1.807, 2.05) is 39.0 Å². The number of carboxylic acid groups (broad SMARTS) is 1. The van der Waals surface area contributed by atoms with Crippen LogP contribution < -0.4 is 14.8 Å². The molecule has 6 heteroatoms. The van der Waals surface area contributed by atoms with Crippen LogP contribution in [0.15, 0.2) is 36.4 Å². The quantitative estimate of drug-likeness (QED) is 0.383. The van der Waals surface area contributed by atoms with Crippen molar-refractivity contribution < 1.29 is 24.2 Å². The summed E-state index contributed by atoms with van der Waals surface area (Å²) in [5.41, 5.74) is 2.31.